The lowest BCUT2D eigenvalue weighted by atomic mass is 10.1. The number of nitrogens with one attached hydrogen (secondary N) is 3. The number of halogens is 3. The van der Waals surface area contributed by atoms with Crippen molar-refractivity contribution >= 4 is 27.5 Å². The zero-order chi connectivity index (χ0) is 20.4. The highest BCUT2D eigenvalue weighted by atomic mass is 32.2. The van der Waals surface area contributed by atoms with E-state index >= 15 is 0 Å². The Morgan fingerprint density at radius 1 is 1.29 bits per heavy atom. The molecular weight excluding hydrogens is 397 g/mol. The maximum absolute atomic E-state index is 13.3. The monoisotopic (exact) mass is 416 g/mol. The summed E-state index contributed by atoms with van der Waals surface area (Å²) >= 11 is 0. The van der Waals surface area contributed by atoms with Crippen LogP contribution in [-0.4, -0.2) is 37.5 Å². The minimum Gasteiger partial charge on any atom is -0.350 e. The lowest BCUT2D eigenvalue weighted by Crippen LogP contribution is -2.38. The van der Waals surface area contributed by atoms with Crippen LogP contribution < -0.4 is 21.1 Å². The van der Waals surface area contributed by atoms with Crippen LogP contribution in [0.15, 0.2) is 35.4 Å². The van der Waals surface area contributed by atoms with Crippen molar-refractivity contribution in [2.75, 3.05) is 23.7 Å². The van der Waals surface area contributed by atoms with Gasteiger partial charge in [-0.3, -0.25) is 0 Å². The van der Waals surface area contributed by atoms with Crippen LogP contribution in [0.5, 0.6) is 0 Å². The van der Waals surface area contributed by atoms with E-state index in [4.69, 9.17) is 5.14 Å². The lowest BCUT2D eigenvalue weighted by molar-refractivity contribution is -0.137. The molecule has 1 aliphatic heterocycles. The Hall–Kier alpha value is -2.44. The van der Waals surface area contributed by atoms with Gasteiger partial charge in [0.1, 0.15) is 11.4 Å². The van der Waals surface area contributed by atoms with Gasteiger partial charge < -0.3 is 16.0 Å². The number of benzene rings is 1. The molecule has 1 fully saturated rings. The molecule has 0 unspecified atom stereocenters. The van der Waals surface area contributed by atoms with Crippen molar-refractivity contribution in [3.63, 3.8) is 0 Å². The Kier molecular flexibility index (Phi) is 5.72. The number of primary sulfonamides is 1. The Morgan fingerprint density at radius 2 is 2.07 bits per heavy atom. The molecule has 0 spiro atoms. The van der Waals surface area contributed by atoms with Gasteiger partial charge in [-0.2, -0.15) is 18.2 Å². The van der Waals surface area contributed by atoms with E-state index in [9.17, 15) is 21.6 Å². The maximum atomic E-state index is 13.3. The first-order valence-electron chi connectivity index (χ1n) is 8.44. The molecule has 12 heteroatoms. The Labute approximate surface area is 159 Å². The zero-order valence-electron chi connectivity index (χ0n) is 14.6. The molecule has 1 atom stereocenters. The molecule has 1 saturated heterocycles. The third-order valence-electron chi connectivity index (χ3n) is 4.15. The molecule has 0 radical (unpaired) electrons. The summed E-state index contributed by atoms with van der Waals surface area (Å²) < 4.78 is 63.0. The number of anilines is 3. The molecule has 0 saturated carbocycles. The molecule has 1 aromatic carbocycles. The SMILES string of the molecule is NS(=O)(=O)c1cccc(Nc2nc(N[C@H]3CCCNC3)ncc2C(F)(F)F)c1. The maximum Gasteiger partial charge on any atom is 0.421 e. The van der Waals surface area contributed by atoms with E-state index in [2.05, 4.69) is 25.9 Å². The molecule has 3 rings (SSSR count). The van der Waals surface area contributed by atoms with Crippen molar-refractivity contribution in [2.24, 2.45) is 5.14 Å². The number of hydrogen-bond donors (Lipinski definition) is 4. The molecule has 2 aromatic rings. The van der Waals surface area contributed by atoms with Crippen LogP contribution in [0.1, 0.15) is 18.4 Å². The van der Waals surface area contributed by atoms with E-state index in [1.54, 1.807) is 0 Å². The Morgan fingerprint density at radius 3 is 2.71 bits per heavy atom. The van der Waals surface area contributed by atoms with Gasteiger partial charge in [0, 0.05) is 24.5 Å². The first kappa shape index (κ1) is 20.3. The van der Waals surface area contributed by atoms with E-state index in [1.165, 1.54) is 18.2 Å². The fourth-order valence-corrected chi connectivity index (χ4v) is 3.36. The zero-order valence-corrected chi connectivity index (χ0v) is 15.4. The largest absolute Gasteiger partial charge is 0.421 e. The van der Waals surface area contributed by atoms with Crippen molar-refractivity contribution < 1.29 is 21.6 Å². The summed E-state index contributed by atoms with van der Waals surface area (Å²) in [6.07, 6.45) is -2.22. The van der Waals surface area contributed by atoms with Gasteiger partial charge in [0.2, 0.25) is 16.0 Å². The molecule has 1 aliphatic rings. The molecule has 2 heterocycles. The van der Waals surface area contributed by atoms with Crippen LogP contribution in [0.2, 0.25) is 0 Å². The number of nitrogens with zero attached hydrogens (tertiary/aromatic N) is 2. The fraction of sp³-hybridized carbons (Fsp3) is 0.375. The van der Waals surface area contributed by atoms with Gasteiger partial charge in [0.15, 0.2) is 0 Å². The minimum absolute atomic E-state index is 0.00375. The Balaban J connectivity index is 1.91. The number of sulfonamides is 1. The highest BCUT2D eigenvalue weighted by Crippen LogP contribution is 2.35. The summed E-state index contributed by atoms with van der Waals surface area (Å²) in [5, 5.41) is 13.8. The highest BCUT2D eigenvalue weighted by Gasteiger charge is 2.35. The average molecular weight is 416 g/mol. The molecule has 152 valence electrons. The minimum atomic E-state index is -4.69. The van der Waals surface area contributed by atoms with Crippen molar-refractivity contribution in [3.8, 4) is 0 Å². The van der Waals surface area contributed by atoms with Crippen LogP contribution in [0.3, 0.4) is 0 Å². The molecule has 8 nitrogen and oxygen atoms in total. The number of alkyl halides is 3. The summed E-state index contributed by atoms with van der Waals surface area (Å²) in [6.45, 7) is 1.54. The van der Waals surface area contributed by atoms with E-state index in [1.807, 2.05) is 0 Å². The number of piperidine rings is 1. The first-order chi connectivity index (χ1) is 13.1. The van der Waals surface area contributed by atoms with Crippen molar-refractivity contribution in [2.45, 2.75) is 30.0 Å². The van der Waals surface area contributed by atoms with Crippen LogP contribution >= 0.6 is 0 Å². The quantitative estimate of drug-likeness (QED) is 0.588. The van der Waals surface area contributed by atoms with Gasteiger partial charge in [0.25, 0.3) is 0 Å². The normalized spacial score (nSPS) is 17.9. The van der Waals surface area contributed by atoms with Crippen molar-refractivity contribution in [3.05, 3.63) is 36.0 Å². The van der Waals surface area contributed by atoms with Crippen LogP contribution in [0.25, 0.3) is 0 Å². The van der Waals surface area contributed by atoms with Gasteiger partial charge in [-0.05, 0) is 37.6 Å². The third kappa shape index (κ3) is 5.09. The van der Waals surface area contributed by atoms with Crippen LogP contribution in [0.4, 0.5) is 30.6 Å². The molecule has 0 bridgehead atoms. The summed E-state index contributed by atoms with van der Waals surface area (Å²) in [4.78, 5) is 7.50. The van der Waals surface area contributed by atoms with Gasteiger partial charge in [-0.1, -0.05) is 6.07 Å². The van der Waals surface area contributed by atoms with Crippen molar-refractivity contribution in [1.29, 1.82) is 0 Å². The van der Waals surface area contributed by atoms with Gasteiger partial charge >= 0.3 is 6.18 Å². The summed E-state index contributed by atoms with van der Waals surface area (Å²) in [5.41, 5.74) is -0.971. The molecule has 28 heavy (non-hydrogen) atoms. The average Bonchev–Trinajstić information content (AvgIpc) is 2.61. The van der Waals surface area contributed by atoms with E-state index in [0.29, 0.717) is 12.7 Å². The Bertz CT molecular complexity index is 946. The number of rotatable bonds is 5. The molecule has 0 aliphatic carbocycles. The second-order valence-electron chi connectivity index (χ2n) is 6.34. The predicted molar refractivity (Wildman–Crippen MR) is 97.6 cm³/mol. The van der Waals surface area contributed by atoms with Crippen LogP contribution in [-0.2, 0) is 16.2 Å². The van der Waals surface area contributed by atoms with Gasteiger partial charge in [-0.15, -0.1) is 0 Å². The summed E-state index contributed by atoms with van der Waals surface area (Å²) in [5.74, 6) is -0.438. The van der Waals surface area contributed by atoms with Crippen molar-refractivity contribution in [1.82, 2.24) is 15.3 Å². The number of nitrogens with two attached hydrogens (primary N) is 1. The molecule has 0 amide bonds. The highest BCUT2D eigenvalue weighted by molar-refractivity contribution is 7.89. The third-order valence-corrected chi connectivity index (χ3v) is 5.06. The lowest BCUT2D eigenvalue weighted by Gasteiger charge is -2.24. The molecular formula is C16H19F3N6O2S. The molecule has 1 aromatic heterocycles. The fourth-order valence-electron chi connectivity index (χ4n) is 2.80. The van der Waals surface area contributed by atoms with Crippen LogP contribution in [0, 0.1) is 0 Å². The van der Waals surface area contributed by atoms with E-state index in [0.717, 1.165) is 25.5 Å². The van der Waals surface area contributed by atoms with Gasteiger partial charge in [-0.25, -0.2) is 18.5 Å². The second-order valence-corrected chi connectivity index (χ2v) is 7.90. The topological polar surface area (TPSA) is 122 Å². The smallest absolute Gasteiger partial charge is 0.350 e. The number of hydrogen-bond acceptors (Lipinski definition) is 7. The molecule has 5 N–H and O–H groups in total. The standard InChI is InChI=1S/C16H19F3N6O2S/c17-16(18,19)13-9-22-15(24-11-4-2-6-21-8-11)25-14(13)23-10-3-1-5-12(7-10)28(20,26)27/h1,3,5,7,9,11,21H,2,4,6,8H2,(H2,20,26,27)(H2,22,23,24,25)/t11-/m0/s1. The summed E-state index contributed by atoms with van der Waals surface area (Å²) in [7, 11) is -4.00. The second kappa shape index (κ2) is 7.89. The van der Waals surface area contributed by atoms with E-state index in [-0.39, 0.29) is 22.6 Å². The van der Waals surface area contributed by atoms with Gasteiger partial charge in [0.05, 0.1) is 4.90 Å². The van der Waals surface area contributed by atoms with E-state index < -0.39 is 27.6 Å². The number of aromatic nitrogens is 2. The predicted octanol–water partition coefficient (Wildman–Crippen LogP) is 2.05. The summed E-state index contributed by atoms with van der Waals surface area (Å²) in [6, 6.07) is 5.16. The first-order valence-corrected chi connectivity index (χ1v) is 9.99.